The van der Waals surface area contributed by atoms with E-state index in [1.165, 1.54) is 0 Å². The van der Waals surface area contributed by atoms with Gasteiger partial charge in [0.05, 0.1) is 5.02 Å². The Hall–Kier alpha value is -1.38. The van der Waals surface area contributed by atoms with Crippen molar-refractivity contribution in [2.75, 3.05) is 5.32 Å². The van der Waals surface area contributed by atoms with Crippen molar-refractivity contribution in [2.45, 2.75) is 13.5 Å². The van der Waals surface area contributed by atoms with E-state index in [-0.39, 0.29) is 5.75 Å². The minimum absolute atomic E-state index is 0.0966. The van der Waals surface area contributed by atoms with Crippen molar-refractivity contribution in [1.82, 2.24) is 0 Å². The number of phenolic OH excluding ortho intramolecular Hbond substituents is 1. The molecule has 4 heteroatoms. The van der Waals surface area contributed by atoms with Crippen LogP contribution in [0.25, 0.3) is 0 Å². The van der Waals surface area contributed by atoms with Gasteiger partial charge in [-0.05, 0) is 42.3 Å². The van der Waals surface area contributed by atoms with Crippen molar-refractivity contribution < 1.29 is 5.11 Å². The van der Waals surface area contributed by atoms with Gasteiger partial charge in [-0.15, -0.1) is 0 Å². The third kappa shape index (κ3) is 3.09. The molecule has 2 aromatic carbocycles. The van der Waals surface area contributed by atoms with Crippen LogP contribution in [0.5, 0.6) is 5.75 Å². The van der Waals surface area contributed by atoms with Crippen molar-refractivity contribution in [3.05, 3.63) is 57.6 Å². The lowest BCUT2D eigenvalue weighted by Crippen LogP contribution is -2.00. The van der Waals surface area contributed by atoms with Crippen molar-refractivity contribution >= 4 is 28.9 Å². The molecule has 2 aromatic rings. The Morgan fingerprint density at radius 2 is 1.89 bits per heavy atom. The van der Waals surface area contributed by atoms with Crippen LogP contribution < -0.4 is 5.32 Å². The fourth-order valence-corrected chi connectivity index (χ4v) is 2.02. The monoisotopic (exact) mass is 281 g/mol. The number of aromatic hydroxyl groups is 1. The standard InChI is InChI=1S/C14H13Cl2NO/c1-9-2-4-11(15)7-13(9)17-8-10-3-5-14(18)12(16)6-10/h2-7,17-18H,8H2,1H3. The molecule has 0 saturated heterocycles. The molecule has 0 aromatic heterocycles. The Kier molecular flexibility index (Phi) is 4.00. The quantitative estimate of drug-likeness (QED) is 0.861. The first-order chi connectivity index (χ1) is 8.56. The average molecular weight is 282 g/mol. The Labute approximate surface area is 116 Å². The van der Waals surface area contributed by atoms with Crippen LogP contribution in [0.1, 0.15) is 11.1 Å². The summed E-state index contributed by atoms with van der Waals surface area (Å²) in [5.41, 5.74) is 3.12. The molecule has 18 heavy (non-hydrogen) atoms. The summed E-state index contributed by atoms with van der Waals surface area (Å²) in [6.45, 7) is 2.64. The molecule has 0 atom stereocenters. The molecule has 2 N–H and O–H groups in total. The fraction of sp³-hybridized carbons (Fsp3) is 0.143. The van der Waals surface area contributed by atoms with E-state index in [9.17, 15) is 5.11 Å². The molecule has 94 valence electrons. The number of nitrogens with one attached hydrogen (secondary N) is 1. The SMILES string of the molecule is Cc1ccc(Cl)cc1NCc1ccc(O)c(Cl)c1. The van der Waals surface area contributed by atoms with Gasteiger partial charge >= 0.3 is 0 Å². The van der Waals surface area contributed by atoms with E-state index < -0.39 is 0 Å². The van der Waals surface area contributed by atoms with Crippen molar-refractivity contribution in [3.63, 3.8) is 0 Å². The summed E-state index contributed by atoms with van der Waals surface area (Å²) in [5.74, 6) is 0.0966. The molecule has 2 nitrogen and oxygen atoms in total. The highest BCUT2D eigenvalue weighted by Crippen LogP contribution is 2.25. The third-order valence-electron chi connectivity index (χ3n) is 2.69. The second-order valence-corrected chi connectivity index (χ2v) is 4.94. The molecule has 0 unspecified atom stereocenters. The summed E-state index contributed by atoms with van der Waals surface area (Å²) in [7, 11) is 0. The Bertz CT molecular complexity index is 570. The Morgan fingerprint density at radius 1 is 1.11 bits per heavy atom. The molecule has 0 saturated carbocycles. The molecule has 0 aliphatic heterocycles. The zero-order valence-corrected chi connectivity index (χ0v) is 11.4. The molecule has 0 aliphatic rings. The summed E-state index contributed by atoms with van der Waals surface area (Å²) in [5, 5.41) is 13.7. The second kappa shape index (κ2) is 5.51. The minimum Gasteiger partial charge on any atom is -0.506 e. The van der Waals surface area contributed by atoms with Gasteiger partial charge in [-0.1, -0.05) is 35.3 Å². The van der Waals surface area contributed by atoms with Gasteiger partial charge < -0.3 is 10.4 Å². The van der Waals surface area contributed by atoms with Gasteiger partial charge in [0, 0.05) is 17.3 Å². The zero-order valence-electron chi connectivity index (χ0n) is 9.87. The van der Waals surface area contributed by atoms with E-state index in [0.29, 0.717) is 16.6 Å². The molecule has 0 bridgehead atoms. The smallest absolute Gasteiger partial charge is 0.134 e. The van der Waals surface area contributed by atoms with Crippen LogP contribution in [0, 0.1) is 6.92 Å². The number of benzene rings is 2. The van der Waals surface area contributed by atoms with E-state index >= 15 is 0 Å². The first-order valence-electron chi connectivity index (χ1n) is 5.53. The van der Waals surface area contributed by atoms with Crippen LogP contribution >= 0.6 is 23.2 Å². The summed E-state index contributed by atoms with van der Waals surface area (Å²) in [4.78, 5) is 0. The highest BCUT2D eigenvalue weighted by atomic mass is 35.5. The molecule has 0 heterocycles. The van der Waals surface area contributed by atoms with Gasteiger partial charge in [-0.25, -0.2) is 0 Å². The minimum atomic E-state index is 0.0966. The van der Waals surface area contributed by atoms with Crippen LogP contribution in [0.2, 0.25) is 10.0 Å². The van der Waals surface area contributed by atoms with Gasteiger partial charge in [0.2, 0.25) is 0 Å². The number of anilines is 1. The van der Waals surface area contributed by atoms with Crippen molar-refractivity contribution in [2.24, 2.45) is 0 Å². The number of rotatable bonds is 3. The Morgan fingerprint density at radius 3 is 2.61 bits per heavy atom. The predicted octanol–water partition coefficient (Wildman–Crippen LogP) is 4.62. The lowest BCUT2D eigenvalue weighted by Gasteiger charge is -2.10. The number of hydrogen-bond acceptors (Lipinski definition) is 2. The number of aryl methyl sites for hydroxylation is 1. The van der Waals surface area contributed by atoms with Crippen LogP contribution in [-0.2, 0) is 6.54 Å². The zero-order chi connectivity index (χ0) is 13.1. The summed E-state index contributed by atoms with van der Waals surface area (Å²) < 4.78 is 0. The maximum absolute atomic E-state index is 9.34. The third-order valence-corrected chi connectivity index (χ3v) is 3.23. The molecule has 0 aliphatic carbocycles. The van der Waals surface area contributed by atoms with Gasteiger partial charge in [0.25, 0.3) is 0 Å². The molecular formula is C14H13Cl2NO. The van der Waals surface area contributed by atoms with Crippen LogP contribution in [0.4, 0.5) is 5.69 Å². The average Bonchev–Trinajstić information content (AvgIpc) is 2.34. The maximum atomic E-state index is 9.34. The molecule has 0 amide bonds. The van der Waals surface area contributed by atoms with Crippen LogP contribution in [-0.4, -0.2) is 5.11 Å². The van der Waals surface area contributed by atoms with Crippen LogP contribution in [0.3, 0.4) is 0 Å². The van der Waals surface area contributed by atoms with E-state index in [1.807, 2.05) is 31.2 Å². The largest absolute Gasteiger partial charge is 0.506 e. The predicted molar refractivity (Wildman–Crippen MR) is 76.6 cm³/mol. The maximum Gasteiger partial charge on any atom is 0.134 e. The van der Waals surface area contributed by atoms with E-state index in [1.54, 1.807) is 12.1 Å². The van der Waals surface area contributed by atoms with E-state index in [2.05, 4.69) is 5.32 Å². The first-order valence-corrected chi connectivity index (χ1v) is 6.29. The fourth-order valence-electron chi connectivity index (χ4n) is 1.64. The van der Waals surface area contributed by atoms with Crippen molar-refractivity contribution in [3.8, 4) is 5.75 Å². The van der Waals surface area contributed by atoms with Gasteiger partial charge in [-0.2, -0.15) is 0 Å². The summed E-state index contributed by atoms with van der Waals surface area (Å²) >= 11 is 11.8. The second-order valence-electron chi connectivity index (χ2n) is 4.10. The molecule has 2 rings (SSSR count). The lowest BCUT2D eigenvalue weighted by molar-refractivity contribution is 0.475. The highest BCUT2D eigenvalue weighted by Gasteiger charge is 2.02. The molecule has 0 radical (unpaired) electrons. The molecule has 0 fully saturated rings. The van der Waals surface area contributed by atoms with Gasteiger partial charge in [-0.3, -0.25) is 0 Å². The number of halogens is 2. The topological polar surface area (TPSA) is 32.3 Å². The highest BCUT2D eigenvalue weighted by molar-refractivity contribution is 6.32. The lowest BCUT2D eigenvalue weighted by atomic mass is 10.1. The number of phenols is 1. The van der Waals surface area contributed by atoms with Gasteiger partial charge in [0.15, 0.2) is 0 Å². The molecule has 0 spiro atoms. The Balaban J connectivity index is 2.11. The van der Waals surface area contributed by atoms with Crippen molar-refractivity contribution in [1.29, 1.82) is 0 Å². The van der Waals surface area contributed by atoms with E-state index in [4.69, 9.17) is 23.2 Å². The summed E-state index contributed by atoms with van der Waals surface area (Å²) in [6, 6.07) is 10.9. The first kappa shape index (κ1) is 13.1. The normalized spacial score (nSPS) is 10.4. The number of hydrogen-bond donors (Lipinski definition) is 2. The van der Waals surface area contributed by atoms with Crippen LogP contribution in [0.15, 0.2) is 36.4 Å². The van der Waals surface area contributed by atoms with Gasteiger partial charge in [0.1, 0.15) is 5.75 Å². The van der Waals surface area contributed by atoms with E-state index in [0.717, 1.165) is 16.8 Å². The molecular weight excluding hydrogens is 269 g/mol. The summed E-state index contributed by atoms with van der Waals surface area (Å²) in [6.07, 6.45) is 0.